The number of rotatable bonds is 5. The van der Waals surface area contributed by atoms with Crippen molar-refractivity contribution in [1.29, 1.82) is 0 Å². The maximum absolute atomic E-state index is 9.48. The van der Waals surface area contributed by atoms with Gasteiger partial charge in [-0.25, -0.2) is 0 Å². The summed E-state index contributed by atoms with van der Waals surface area (Å²) in [7, 11) is 0. The highest BCUT2D eigenvalue weighted by Crippen LogP contribution is 2.25. The van der Waals surface area contributed by atoms with Crippen LogP contribution in [0.25, 0.3) is 0 Å². The number of aliphatic hydroxyl groups is 1. The molecule has 0 aromatic carbocycles. The second-order valence-electron chi connectivity index (χ2n) is 4.04. The first-order valence-electron chi connectivity index (χ1n) is 5.93. The Hall–Kier alpha value is -1.28. The van der Waals surface area contributed by atoms with E-state index in [1.54, 1.807) is 18.2 Å². The predicted octanol–water partition coefficient (Wildman–Crippen LogP) is 3.25. The molecule has 0 aromatic heterocycles. The van der Waals surface area contributed by atoms with Gasteiger partial charge in [0.2, 0.25) is 0 Å². The lowest BCUT2D eigenvalue weighted by atomic mass is 10.1. The van der Waals surface area contributed by atoms with Crippen LogP contribution in [0.3, 0.4) is 0 Å². The van der Waals surface area contributed by atoms with E-state index >= 15 is 0 Å². The molecular formula is C14H21NO. The summed E-state index contributed by atoms with van der Waals surface area (Å²) < 4.78 is 0. The molecule has 1 rings (SSSR count). The molecule has 0 spiro atoms. The standard InChI is InChI=1S/C14H21NO/c15-12-5-1-2-10-14(16)11-6-9-13-7-3-4-8-13/h1-2,5-6,9-11,13,16H,3-4,7-8,12,15H2/b5-1+,9-6+,10-2+,14-11-. The minimum Gasteiger partial charge on any atom is -0.508 e. The molecule has 2 heteroatoms. The molecule has 16 heavy (non-hydrogen) atoms. The van der Waals surface area contributed by atoms with Crippen molar-refractivity contribution in [2.24, 2.45) is 11.7 Å². The van der Waals surface area contributed by atoms with Crippen LogP contribution in [0.15, 0.2) is 48.3 Å². The van der Waals surface area contributed by atoms with E-state index in [9.17, 15) is 5.11 Å². The average Bonchev–Trinajstić information content (AvgIpc) is 2.77. The average molecular weight is 219 g/mol. The lowest BCUT2D eigenvalue weighted by Gasteiger charge is -1.97. The van der Waals surface area contributed by atoms with Gasteiger partial charge in [-0.05, 0) is 30.9 Å². The number of hydrogen-bond donors (Lipinski definition) is 2. The number of allylic oxidation sites excluding steroid dienone is 6. The molecule has 0 unspecified atom stereocenters. The summed E-state index contributed by atoms with van der Waals surface area (Å²) in [5.41, 5.74) is 5.29. The van der Waals surface area contributed by atoms with Crippen LogP contribution >= 0.6 is 0 Å². The summed E-state index contributed by atoms with van der Waals surface area (Å²) in [6.45, 7) is 0.524. The van der Waals surface area contributed by atoms with Gasteiger partial charge in [0.15, 0.2) is 0 Å². The van der Waals surface area contributed by atoms with Crippen LogP contribution in [0.1, 0.15) is 25.7 Å². The van der Waals surface area contributed by atoms with Crippen LogP contribution < -0.4 is 5.73 Å². The molecule has 1 saturated carbocycles. The SMILES string of the molecule is NC/C=C/C=C/C(O)=C/C=C/C1CCCC1. The fourth-order valence-electron chi connectivity index (χ4n) is 1.83. The zero-order valence-corrected chi connectivity index (χ0v) is 9.68. The Labute approximate surface area is 97.9 Å². The highest BCUT2D eigenvalue weighted by atomic mass is 16.3. The lowest BCUT2D eigenvalue weighted by Crippen LogP contribution is -1.91. The molecule has 88 valence electrons. The van der Waals surface area contributed by atoms with E-state index in [1.165, 1.54) is 25.7 Å². The first kappa shape index (κ1) is 12.8. The van der Waals surface area contributed by atoms with Gasteiger partial charge in [-0.3, -0.25) is 0 Å². The van der Waals surface area contributed by atoms with Crippen LogP contribution in [0.4, 0.5) is 0 Å². The third kappa shape index (κ3) is 5.56. The minimum atomic E-state index is 0.274. The second kappa shape index (κ2) is 7.94. The predicted molar refractivity (Wildman–Crippen MR) is 69.1 cm³/mol. The molecule has 0 heterocycles. The number of nitrogens with two attached hydrogens (primary N) is 1. The van der Waals surface area contributed by atoms with Crippen molar-refractivity contribution < 1.29 is 5.11 Å². The number of aliphatic hydroxyl groups excluding tert-OH is 1. The van der Waals surface area contributed by atoms with Crippen LogP contribution in [0.2, 0.25) is 0 Å². The summed E-state index contributed by atoms with van der Waals surface area (Å²) in [5, 5.41) is 9.48. The Bertz CT molecular complexity index is 294. The molecular weight excluding hydrogens is 198 g/mol. The molecule has 0 aromatic rings. The van der Waals surface area contributed by atoms with E-state index < -0.39 is 0 Å². The van der Waals surface area contributed by atoms with Crippen molar-refractivity contribution in [3.63, 3.8) is 0 Å². The van der Waals surface area contributed by atoms with Crippen molar-refractivity contribution in [3.05, 3.63) is 48.3 Å². The van der Waals surface area contributed by atoms with Gasteiger partial charge in [0.25, 0.3) is 0 Å². The quantitative estimate of drug-likeness (QED) is 0.551. The molecule has 1 fully saturated rings. The molecule has 0 bridgehead atoms. The molecule has 2 nitrogen and oxygen atoms in total. The molecule has 0 atom stereocenters. The van der Waals surface area contributed by atoms with E-state index in [2.05, 4.69) is 6.08 Å². The van der Waals surface area contributed by atoms with Crippen molar-refractivity contribution in [2.45, 2.75) is 25.7 Å². The molecule has 0 radical (unpaired) electrons. The van der Waals surface area contributed by atoms with Crippen molar-refractivity contribution in [1.82, 2.24) is 0 Å². The number of hydrogen-bond acceptors (Lipinski definition) is 2. The summed E-state index contributed by atoms with van der Waals surface area (Å²) in [6.07, 6.45) is 18.2. The Balaban J connectivity index is 2.31. The molecule has 0 saturated heterocycles. The van der Waals surface area contributed by atoms with Gasteiger partial charge in [-0.1, -0.05) is 43.2 Å². The van der Waals surface area contributed by atoms with Gasteiger partial charge in [0.1, 0.15) is 5.76 Å². The molecule has 3 N–H and O–H groups in total. The van der Waals surface area contributed by atoms with E-state index in [4.69, 9.17) is 5.73 Å². The Kier molecular flexibility index (Phi) is 6.35. The van der Waals surface area contributed by atoms with E-state index in [0.29, 0.717) is 12.5 Å². The first-order valence-corrected chi connectivity index (χ1v) is 5.93. The Morgan fingerprint density at radius 1 is 1.19 bits per heavy atom. The zero-order valence-electron chi connectivity index (χ0n) is 9.68. The first-order chi connectivity index (χ1) is 7.83. The summed E-state index contributed by atoms with van der Waals surface area (Å²) in [5.74, 6) is 0.987. The van der Waals surface area contributed by atoms with E-state index in [0.717, 1.165) is 0 Å². The topological polar surface area (TPSA) is 46.2 Å². The second-order valence-corrected chi connectivity index (χ2v) is 4.04. The highest BCUT2D eigenvalue weighted by molar-refractivity contribution is 5.20. The van der Waals surface area contributed by atoms with E-state index in [-0.39, 0.29) is 5.76 Å². The van der Waals surface area contributed by atoms with Gasteiger partial charge in [-0.15, -0.1) is 0 Å². The van der Waals surface area contributed by atoms with Gasteiger partial charge in [-0.2, -0.15) is 0 Å². The van der Waals surface area contributed by atoms with Crippen LogP contribution in [0.5, 0.6) is 0 Å². The van der Waals surface area contributed by atoms with Gasteiger partial charge in [0.05, 0.1) is 0 Å². The maximum atomic E-state index is 9.48. The fourth-order valence-corrected chi connectivity index (χ4v) is 1.83. The minimum absolute atomic E-state index is 0.274. The Morgan fingerprint density at radius 2 is 1.94 bits per heavy atom. The largest absolute Gasteiger partial charge is 0.508 e. The van der Waals surface area contributed by atoms with Gasteiger partial charge >= 0.3 is 0 Å². The summed E-state index contributed by atoms with van der Waals surface area (Å²) in [6, 6.07) is 0. The molecule has 1 aliphatic carbocycles. The van der Waals surface area contributed by atoms with Crippen molar-refractivity contribution in [2.75, 3.05) is 6.54 Å². The fraction of sp³-hybridized carbons (Fsp3) is 0.429. The third-order valence-corrected chi connectivity index (χ3v) is 2.70. The highest BCUT2D eigenvalue weighted by Gasteiger charge is 2.10. The molecule has 1 aliphatic rings. The van der Waals surface area contributed by atoms with Crippen molar-refractivity contribution >= 4 is 0 Å². The van der Waals surface area contributed by atoms with Crippen LogP contribution in [-0.4, -0.2) is 11.7 Å². The third-order valence-electron chi connectivity index (χ3n) is 2.70. The van der Waals surface area contributed by atoms with Crippen LogP contribution in [-0.2, 0) is 0 Å². The summed E-state index contributed by atoms with van der Waals surface area (Å²) >= 11 is 0. The van der Waals surface area contributed by atoms with Crippen molar-refractivity contribution in [3.8, 4) is 0 Å². The summed E-state index contributed by atoms with van der Waals surface area (Å²) in [4.78, 5) is 0. The molecule has 0 amide bonds. The zero-order chi connectivity index (χ0) is 11.6. The monoisotopic (exact) mass is 219 g/mol. The maximum Gasteiger partial charge on any atom is 0.115 e. The molecule has 0 aliphatic heterocycles. The van der Waals surface area contributed by atoms with Crippen LogP contribution in [0, 0.1) is 5.92 Å². The smallest absolute Gasteiger partial charge is 0.115 e. The lowest BCUT2D eigenvalue weighted by molar-refractivity contribution is 0.432. The van der Waals surface area contributed by atoms with Gasteiger partial charge < -0.3 is 10.8 Å². The Morgan fingerprint density at radius 3 is 2.62 bits per heavy atom. The normalized spacial score (nSPS) is 19.7. The van der Waals surface area contributed by atoms with E-state index in [1.807, 2.05) is 18.2 Å². The van der Waals surface area contributed by atoms with Gasteiger partial charge in [0, 0.05) is 6.54 Å².